The van der Waals surface area contributed by atoms with Crippen molar-refractivity contribution >= 4 is 12.6 Å². The van der Waals surface area contributed by atoms with Crippen LogP contribution < -0.4 is 11.5 Å². The molecule has 0 bridgehead atoms. The Hall–Kier alpha value is 1.32. The van der Waals surface area contributed by atoms with Crippen molar-refractivity contribution in [3.05, 3.63) is 13.6 Å². The maximum atomic E-state index is 8.68. The Morgan fingerprint density at radius 3 is 1.00 bits per heavy atom. The number of hydrogen-bond acceptors (Lipinski definition) is 4. The van der Waals surface area contributed by atoms with Gasteiger partial charge in [-0.2, -0.15) is 13.8 Å². The fraction of sp³-hybridized carbons (Fsp3) is 0.571. The molecule has 0 aliphatic heterocycles. The van der Waals surface area contributed by atoms with Gasteiger partial charge in [0.15, 0.2) is 0 Å². The van der Waals surface area contributed by atoms with Crippen molar-refractivity contribution in [2.45, 2.75) is 13.8 Å². The summed E-state index contributed by atoms with van der Waals surface area (Å²) in [7, 11) is 0. The molecule has 0 heterocycles. The van der Waals surface area contributed by atoms with Gasteiger partial charge in [-0.05, 0) is 0 Å². The van der Waals surface area contributed by atoms with E-state index in [1.54, 1.807) is 0 Å². The van der Waals surface area contributed by atoms with E-state index in [1.165, 1.54) is 26.4 Å². The molecule has 0 radical (unpaired) electrons. The zero-order valence-corrected chi connectivity index (χ0v) is 17.3. The molecule has 0 fully saturated rings. The molecule has 0 aromatic carbocycles. The summed E-state index contributed by atoms with van der Waals surface area (Å²) in [6, 6.07) is 0. The van der Waals surface area contributed by atoms with Crippen molar-refractivity contribution in [2.75, 3.05) is 13.1 Å². The molecule has 14 heavy (non-hydrogen) atoms. The van der Waals surface area contributed by atoms with Gasteiger partial charge in [-0.15, -0.1) is 0 Å². The summed E-state index contributed by atoms with van der Waals surface area (Å²) >= 11 is 0. The van der Waals surface area contributed by atoms with Crippen LogP contribution in [0.25, 0.3) is 6.15 Å². The molecule has 5 nitrogen and oxygen atoms in total. The topological polar surface area (TPSA) is 120 Å². The number of rotatable bonds is 1. The largest absolute Gasteiger partial charge is 2.00 e. The molecular weight excluding hydrogens is 634 g/mol. The Morgan fingerprint density at radius 1 is 0.929 bits per heavy atom. The minimum absolute atomic E-state index is 0. The molecular formula is C7H19N3O2U2. The third-order valence-electron chi connectivity index (χ3n) is 0.167. The van der Waals surface area contributed by atoms with Gasteiger partial charge in [0.2, 0.25) is 0 Å². The van der Waals surface area contributed by atoms with Crippen LogP contribution in [0.3, 0.4) is 0 Å². The first-order valence-electron chi connectivity index (χ1n) is 2.72. The van der Waals surface area contributed by atoms with Crippen molar-refractivity contribution in [2.24, 2.45) is 11.5 Å². The Kier molecular flexibility index (Phi) is 291. The molecule has 0 unspecified atom stereocenters. The summed E-state index contributed by atoms with van der Waals surface area (Å²) < 4.78 is 0. The first-order chi connectivity index (χ1) is 4.74. The zero-order valence-electron chi connectivity index (χ0n) is 8.96. The van der Waals surface area contributed by atoms with Crippen molar-refractivity contribution in [3.8, 4) is 0 Å². The molecule has 0 aliphatic rings. The molecule has 0 aromatic heterocycles. The molecule has 0 atom stereocenters. The predicted molar refractivity (Wildman–Crippen MR) is 52.5 cm³/mol. The number of carbonyl (C=O) groups excluding carboxylic acids is 2. The Balaban J connectivity index is -0.00000000929. The molecule has 0 saturated heterocycles. The third-order valence-corrected chi connectivity index (χ3v) is 0.167. The smallest absolute Gasteiger partial charge is 0.693 e. The Bertz CT molecular complexity index is 60.9. The average molecular weight is 653 g/mol. The van der Waals surface area contributed by atoms with Gasteiger partial charge in [0.1, 0.15) is 0 Å². The summed E-state index contributed by atoms with van der Waals surface area (Å²) in [5.41, 5.74) is 9.81. The van der Waals surface area contributed by atoms with E-state index in [4.69, 9.17) is 21.1 Å². The zero-order chi connectivity index (χ0) is 8.83. The Morgan fingerprint density at radius 2 is 1.00 bits per heavy atom. The second-order valence-electron chi connectivity index (χ2n) is 0.986. The first kappa shape index (κ1) is 45.4. The fourth-order valence-electron chi connectivity index (χ4n) is 0. The van der Waals surface area contributed by atoms with Gasteiger partial charge in [0, 0.05) is 13.1 Å². The van der Waals surface area contributed by atoms with Crippen LogP contribution >= 0.6 is 0 Å². The molecule has 7 heteroatoms. The average Bonchev–Trinajstić information content (AvgIpc) is 1.91. The molecule has 6 N–H and O–H groups in total. The van der Waals surface area contributed by atoms with Crippen molar-refractivity contribution in [1.29, 1.82) is 0 Å². The SMILES string of the molecule is C[C-]=O.C[C-]=O.NCCN.[CH3-].[NH2-].[U+2].[U+2]. The number of nitrogens with two attached hydrogens (primary N) is 3. The van der Waals surface area contributed by atoms with E-state index < -0.39 is 0 Å². The quantitative estimate of drug-likeness (QED) is 0.396. The minimum atomic E-state index is 0. The second-order valence-corrected chi connectivity index (χ2v) is 0.986. The summed E-state index contributed by atoms with van der Waals surface area (Å²) in [5.74, 6) is 0. The van der Waals surface area contributed by atoms with Crippen LogP contribution in [0.1, 0.15) is 13.8 Å². The van der Waals surface area contributed by atoms with Gasteiger partial charge in [-0.25, -0.2) is 0 Å². The van der Waals surface area contributed by atoms with Crippen LogP contribution in [-0.4, -0.2) is 25.7 Å². The normalized spacial score (nSPS) is 4.00. The van der Waals surface area contributed by atoms with E-state index >= 15 is 0 Å². The van der Waals surface area contributed by atoms with Crippen LogP contribution in [0.2, 0.25) is 0 Å². The molecule has 0 amide bonds. The van der Waals surface area contributed by atoms with Gasteiger partial charge in [0.05, 0.1) is 0 Å². The van der Waals surface area contributed by atoms with Gasteiger partial charge in [-0.1, -0.05) is 0 Å². The van der Waals surface area contributed by atoms with Crippen molar-refractivity contribution in [1.82, 2.24) is 0 Å². The maximum Gasteiger partial charge on any atom is 2.00 e. The predicted octanol–water partition coefficient (Wildman–Crippen LogP) is 0.303. The van der Waals surface area contributed by atoms with Crippen LogP contribution in [0.5, 0.6) is 0 Å². The van der Waals surface area contributed by atoms with E-state index in [2.05, 4.69) is 0 Å². The van der Waals surface area contributed by atoms with E-state index in [-0.39, 0.29) is 75.8 Å². The van der Waals surface area contributed by atoms with Crippen molar-refractivity contribution < 1.29 is 71.8 Å². The van der Waals surface area contributed by atoms with E-state index in [0.717, 1.165) is 0 Å². The number of hydrogen-bond donors (Lipinski definition) is 2. The fourth-order valence-corrected chi connectivity index (χ4v) is 0. The summed E-state index contributed by atoms with van der Waals surface area (Å²) in [4.78, 5) is 17.4. The molecule has 0 rings (SSSR count). The second kappa shape index (κ2) is 89.7. The standard InChI is InChI=1S/C2H8N2.2C2H3O.CH3.H2N.2U/c3-1-2-4;2*1-2-3;;;;/h1-4H2;2*1H3;1H3;1H2;;/q;4*-1;2*+2. The van der Waals surface area contributed by atoms with E-state index in [0.29, 0.717) is 13.1 Å². The molecule has 0 saturated carbocycles. The summed E-state index contributed by atoms with van der Waals surface area (Å²) in [5, 5.41) is 0. The van der Waals surface area contributed by atoms with Crippen LogP contribution in [0, 0.1) is 69.7 Å². The Labute approximate surface area is 135 Å². The van der Waals surface area contributed by atoms with Gasteiger partial charge in [0.25, 0.3) is 0 Å². The summed E-state index contributed by atoms with van der Waals surface area (Å²) in [6.07, 6.45) is 3.00. The van der Waals surface area contributed by atoms with Crippen LogP contribution in [0.15, 0.2) is 0 Å². The van der Waals surface area contributed by atoms with Gasteiger partial charge in [-0.3, -0.25) is 12.6 Å². The minimum Gasteiger partial charge on any atom is -0.693 e. The maximum absolute atomic E-state index is 8.68. The van der Waals surface area contributed by atoms with Gasteiger partial charge < -0.3 is 34.6 Å². The van der Waals surface area contributed by atoms with E-state index in [1.807, 2.05) is 0 Å². The molecule has 0 aromatic rings. The van der Waals surface area contributed by atoms with E-state index in [9.17, 15) is 0 Å². The monoisotopic (exact) mass is 653 g/mol. The first-order valence-corrected chi connectivity index (χ1v) is 2.72. The molecule has 82 valence electrons. The van der Waals surface area contributed by atoms with Crippen molar-refractivity contribution in [3.63, 3.8) is 0 Å². The van der Waals surface area contributed by atoms with Crippen LogP contribution in [-0.2, 0) is 9.59 Å². The van der Waals surface area contributed by atoms with Crippen LogP contribution in [0.4, 0.5) is 0 Å². The van der Waals surface area contributed by atoms with Gasteiger partial charge >= 0.3 is 62.2 Å². The molecule has 0 spiro atoms. The summed E-state index contributed by atoms with van der Waals surface area (Å²) in [6.45, 7) is 3.83. The third kappa shape index (κ3) is 375. The molecule has 0 aliphatic carbocycles.